The van der Waals surface area contributed by atoms with Gasteiger partial charge in [-0.05, 0) is 48.9 Å². The lowest BCUT2D eigenvalue weighted by Crippen LogP contribution is -2.15. The molecular weight excluding hydrogens is 404 g/mol. The summed E-state index contributed by atoms with van der Waals surface area (Å²) in [4.78, 5) is 45.2. The van der Waals surface area contributed by atoms with Crippen LogP contribution in [-0.2, 0) is 0 Å². The van der Waals surface area contributed by atoms with Gasteiger partial charge in [-0.3, -0.25) is 29.8 Å². The van der Waals surface area contributed by atoms with Crippen molar-refractivity contribution < 1.29 is 19.4 Å². The normalized spacial score (nSPS) is 10.2. The second-order valence-corrected chi connectivity index (χ2v) is 6.52. The van der Waals surface area contributed by atoms with E-state index in [1.54, 1.807) is 24.3 Å². The first-order valence-electron chi connectivity index (χ1n) is 8.97. The molecule has 0 spiro atoms. The molecule has 0 saturated carbocycles. The molecule has 0 atom stereocenters. The van der Waals surface area contributed by atoms with E-state index in [1.165, 1.54) is 12.1 Å². The van der Waals surface area contributed by atoms with Crippen LogP contribution in [0.1, 0.15) is 26.3 Å². The van der Waals surface area contributed by atoms with E-state index in [4.69, 9.17) is 0 Å². The molecule has 2 amide bonds. The Kier molecular flexibility index (Phi) is 6.01. The molecule has 0 fully saturated rings. The van der Waals surface area contributed by atoms with Gasteiger partial charge in [-0.15, -0.1) is 0 Å². The van der Waals surface area contributed by atoms with Gasteiger partial charge < -0.3 is 10.6 Å². The van der Waals surface area contributed by atoms with E-state index in [1.807, 2.05) is 19.1 Å². The second kappa shape index (κ2) is 8.82. The predicted molar refractivity (Wildman–Crippen MR) is 113 cm³/mol. The molecule has 0 heterocycles. The first kappa shape index (κ1) is 21.1. The molecule has 2 N–H and O–H groups in total. The molecule has 0 radical (unpaired) electrons. The minimum Gasteiger partial charge on any atom is -0.322 e. The number of hydrogen-bond acceptors (Lipinski definition) is 6. The molecule has 10 heteroatoms. The maximum atomic E-state index is 12.5. The maximum absolute atomic E-state index is 12.5. The van der Waals surface area contributed by atoms with Crippen LogP contribution in [0.2, 0.25) is 0 Å². The number of nitro benzene ring substituents is 2. The minimum absolute atomic E-state index is 0.281. The number of carbonyl (C=O) groups is 2. The van der Waals surface area contributed by atoms with Crippen molar-refractivity contribution in [3.8, 4) is 0 Å². The van der Waals surface area contributed by atoms with E-state index in [0.29, 0.717) is 16.9 Å². The quantitative estimate of drug-likeness (QED) is 0.449. The highest BCUT2D eigenvalue weighted by Crippen LogP contribution is 2.26. The zero-order chi connectivity index (χ0) is 22.5. The van der Waals surface area contributed by atoms with Crippen LogP contribution >= 0.6 is 0 Å². The fourth-order valence-electron chi connectivity index (χ4n) is 2.84. The van der Waals surface area contributed by atoms with Gasteiger partial charge in [-0.25, -0.2) is 0 Å². The Morgan fingerprint density at radius 3 is 1.81 bits per heavy atom. The molecule has 156 valence electrons. The molecule has 31 heavy (non-hydrogen) atoms. The second-order valence-electron chi connectivity index (χ2n) is 6.52. The van der Waals surface area contributed by atoms with Crippen LogP contribution in [-0.4, -0.2) is 21.7 Å². The molecule has 3 aromatic rings. The summed E-state index contributed by atoms with van der Waals surface area (Å²) < 4.78 is 0. The Bertz CT molecular complexity index is 1190. The van der Waals surface area contributed by atoms with Gasteiger partial charge in [0.1, 0.15) is 5.56 Å². The molecule has 0 unspecified atom stereocenters. The molecule has 10 nitrogen and oxygen atoms in total. The lowest BCUT2D eigenvalue weighted by molar-refractivity contribution is -0.394. The van der Waals surface area contributed by atoms with Gasteiger partial charge in [0, 0.05) is 23.0 Å². The SMILES string of the molecule is Cc1ccccc1C(=O)Nc1ccc(NC(=O)c2ccc([N+](=O)[O-])cc2[N+](=O)[O-])cc1. The number of rotatable bonds is 6. The average Bonchev–Trinajstić information content (AvgIpc) is 2.74. The largest absolute Gasteiger partial charge is 0.322 e. The van der Waals surface area contributed by atoms with Crippen molar-refractivity contribution in [2.45, 2.75) is 6.92 Å². The molecule has 0 aliphatic carbocycles. The zero-order valence-corrected chi connectivity index (χ0v) is 16.2. The van der Waals surface area contributed by atoms with E-state index in [-0.39, 0.29) is 11.5 Å². The summed E-state index contributed by atoms with van der Waals surface area (Å²) in [5.41, 5.74) is 0.705. The van der Waals surface area contributed by atoms with Gasteiger partial charge in [0.15, 0.2) is 0 Å². The highest BCUT2D eigenvalue weighted by molar-refractivity contribution is 6.08. The van der Waals surface area contributed by atoms with Crippen molar-refractivity contribution in [1.82, 2.24) is 0 Å². The average molecular weight is 420 g/mol. The number of nitro groups is 2. The summed E-state index contributed by atoms with van der Waals surface area (Å²) in [5, 5.41) is 27.3. The number of nitrogens with one attached hydrogen (secondary N) is 2. The van der Waals surface area contributed by atoms with E-state index in [9.17, 15) is 29.8 Å². The Balaban J connectivity index is 1.73. The molecule has 0 bridgehead atoms. The fourth-order valence-corrected chi connectivity index (χ4v) is 2.84. The number of amides is 2. The fraction of sp³-hybridized carbons (Fsp3) is 0.0476. The molecule has 3 aromatic carbocycles. The number of carbonyl (C=O) groups excluding carboxylic acids is 2. The predicted octanol–water partition coefficient (Wildman–Crippen LogP) is 4.32. The number of benzene rings is 3. The number of nitrogens with zero attached hydrogens (tertiary/aromatic N) is 2. The maximum Gasteiger partial charge on any atom is 0.289 e. The van der Waals surface area contributed by atoms with Gasteiger partial charge in [-0.1, -0.05) is 18.2 Å². The number of anilines is 2. The van der Waals surface area contributed by atoms with E-state index >= 15 is 0 Å². The molecule has 0 aliphatic rings. The zero-order valence-electron chi connectivity index (χ0n) is 16.2. The Morgan fingerprint density at radius 1 is 0.742 bits per heavy atom. The van der Waals surface area contributed by atoms with Crippen molar-refractivity contribution in [3.05, 3.63) is 104 Å². The first-order chi connectivity index (χ1) is 14.8. The van der Waals surface area contributed by atoms with Crippen molar-refractivity contribution in [2.75, 3.05) is 10.6 Å². The molecular formula is C21H16N4O6. The lowest BCUT2D eigenvalue weighted by Gasteiger charge is -2.09. The molecule has 0 aliphatic heterocycles. The van der Waals surface area contributed by atoms with Crippen molar-refractivity contribution >= 4 is 34.6 Å². The summed E-state index contributed by atoms with van der Waals surface area (Å²) in [6.07, 6.45) is 0. The van der Waals surface area contributed by atoms with Crippen LogP contribution in [0.4, 0.5) is 22.7 Å². The van der Waals surface area contributed by atoms with Crippen LogP contribution < -0.4 is 10.6 Å². The first-order valence-corrected chi connectivity index (χ1v) is 8.97. The number of aryl methyl sites for hydroxylation is 1. The number of non-ortho nitro benzene ring substituents is 1. The van der Waals surface area contributed by atoms with Crippen LogP contribution in [0.3, 0.4) is 0 Å². The van der Waals surface area contributed by atoms with Crippen molar-refractivity contribution in [3.63, 3.8) is 0 Å². The number of hydrogen-bond donors (Lipinski definition) is 2. The van der Waals surface area contributed by atoms with Crippen molar-refractivity contribution in [2.24, 2.45) is 0 Å². The molecule has 3 rings (SSSR count). The smallest absolute Gasteiger partial charge is 0.289 e. The Hall–Kier alpha value is -4.60. The van der Waals surface area contributed by atoms with E-state index in [0.717, 1.165) is 23.8 Å². The van der Waals surface area contributed by atoms with Crippen molar-refractivity contribution in [1.29, 1.82) is 0 Å². The topological polar surface area (TPSA) is 144 Å². The van der Waals surface area contributed by atoms with E-state index in [2.05, 4.69) is 10.6 Å². The van der Waals surface area contributed by atoms with Crippen LogP contribution in [0.5, 0.6) is 0 Å². The summed E-state index contributed by atoms with van der Waals surface area (Å²) in [6.45, 7) is 1.82. The van der Waals surface area contributed by atoms with Crippen LogP contribution in [0.25, 0.3) is 0 Å². The third-order valence-electron chi connectivity index (χ3n) is 4.42. The van der Waals surface area contributed by atoms with Gasteiger partial charge >= 0.3 is 0 Å². The molecule has 0 saturated heterocycles. The van der Waals surface area contributed by atoms with E-state index < -0.39 is 27.1 Å². The Labute approximate surface area is 175 Å². The summed E-state index contributed by atoms with van der Waals surface area (Å²) >= 11 is 0. The highest BCUT2D eigenvalue weighted by atomic mass is 16.6. The minimum atomic E-state index is -0.855. The highest BCUT2D eigenvalue weighted by Gasteiger charge is 2.24. The third kappa shape index (κ3) is 4.88. The Morgan fingerprint density at radius 2 is 1.29 bits per heavy atom. The van der Waals surface area contributed by atoms with Gasteiger partial charge in [0.2, 0.25) is 0 Å². The van der Waals surface area contributed by atoms with Gasteiger partial charge in [-0.2, -0.15) is 0 Å². The lowest BCUT2D eigenvalue weighted by atomic mass is 10.1. The summed E-state index contributed by atoms with van der Waals surface area (Å²) in [7, 11) is 0. The summed E-state index contributed by atoms with van der Waals surface area (Å²) in [5.74, 6) is -1.07. The van der Waals surface area contributed by atoms with Crippen LogP contribution in [0.15, 0.2) is 66.7 Å². The summed E-state index contributed by atoms with van der Waals surface area (Å²) in [6, 6.07) is 16.1. The third-order valence-corrected chi connectivity index (χ3v) is 4.42. The van der Waals surface area contributed by atoms with Gasteiger partial charge in [0.05, 0.1) is 15.9 Å². The van der Waals surface area contributed by atoms with Crippen LogP contribution in [0, 0.1) is 27.2 Å². The standard InChI is InChI=1S/C21H16N4O6/c1-13-4-2-3-5-17(13)20(26)22-14-6-8-15(9-7-14)23-21(27)18-11-10-16(24(28)29)12-19(18)25(30)31/h2-12H,1H3,(H,22,26)(H,23,27). The van der Waals surface area contributed by atoms with Gasteiger partial charge in [0.25, 0.3) is 23.2 Å². The monoisotopic (exact) mass is 420 g/mol. The molecule has 0 aromatic heterocycles.